The van der Waals surface area contributed by atoms with Gasteiger partial charge in [0.1, 0.15) is 0 Å². The van der Waals surface area contributed by atoms with Crippen molar-refractivity contribution in [1.82, 2.24) is 4.98 Å². The largest absolute Gasteiger partial charge is 0.418 e. The minimum atomic E-state index is -4.52. The van der Waals surface area contributed by atoms with Crippen LogP contribution in [0, 0.1) is 0 Å². The number of pyridine rings is 1. The summed E-state index contributed by atoms with van der Waals surface area (Å²) in [7, 11) is 0. The second-order valence-corrected chi connectivity index (χ2v) is 3.76. The van der Waals surface area contributed by atoms with Gasteiger partial charge in [-0.2, -0.15) is 13.2 Å². The van der Waals surface area contributed by atoms with E-state index in [2.05, 4.69) is 10.3 Å². The number of nitrogens with one attached hydrogen (secondary N) is 1. The van der Waals surface area contributed by atoms with Crippen molar-refractivity contribution in [1.29, 1.82) is 0 Å². The number of para-hydroxylation sites is 1. The minimum Gasteiger partial charge on any atom is -0.391 e. The Balaban J connectivity index is 2.05. The van der Waals surface area contributed by atoms with Crippen LogP contribution in [0.4, 0.5) is 23.7 Å². The van der Waals surface area contributed by atoms with Crippen molar-refractivity contribution in [3.8, 4) is 5.88 Å². The summed E-state index contributed by atoms with van der Waals surface area (Å²) in [6.45, 7) is 0. The van der Waals surface area contributed by atoms with Gasteiger partial charge >= 0.3 is 12.3 Å². The second kappa shape index (κ2) is 5.60. The normalized spacial score (nSPS) is 10.9. The lowest BCUT2D eigenvalue weighted by Crippen LogP contribution is -2.17. The zero-order chi connectivity index (χ0) is 14.6. The SMILES string of the molecule is O=C(Nc1ccccc1)Oc1cc(C(F)(F)F)ccn1. The second-order valence-electron chi connectivity index (χ2n) is 3.76. The van der Waals surface area contributed by atoms with Crippen molar-refractivity contribution in [2.24, 2.45) is 0 Å². The van der Waals surface area contributed by atoms with Crippen molar-refractivity contribution >= 4 is 11.8 Å². The van der Waals surface area contributed by atoms with E-state index in [1.807, 2.05) is 0 Å². The monoisotopic (exact) mass is 282 g/mol. The highest BCUT2D eigenvalue weighted by Gasteiger charge is 2.31. The quantitative estimate of drug-likeness (QED) is 0.913. The molecule has 0 atom stereocenters. The lowest BCUT2D eigenvalue weighted by molar-refractivity contribution is -0.137. The van der Waals surface area contributed by atoms with Crippen LogP contribution in [0.5, 0.6) is 5.88 Å². The van der Waals surface area contributed by atoms with Gasteiger partial charge in [-0.15, -0.1) is 0 Å². The third-order valence-electron chi connectivity index (χ3n) is 2.28. The van der Waals surface area contributed by atoms with Crippen LogP contribution in [-0.4, -0.2) is 11.1 Å². The van der Waals surface area contributed by atoms with Crippen molar-refractivity contribution in [3.63, 3.8) is 0 Å². The third kappa shape index (κ3) is 3.71. The van der Waals surface area contributed by atoms with Crippen LogP contribution in [0.15, 0.2) is 48.7 Å². The molecule has 7 heteroatoms. The number of ether oxygens (including phenoxy) is 1. The first-order valence-corrected chi connectivity index (χ1v) is 5.52. The Bertz CT molecular complexity index is 600. The average Bonchev–Trinajstić information content (AvgIpc) is 2.39. The highest BCUT2D eigenvalue weighted by Crippen LogP contribution is 2.30. The molecule has 20 heavy (non-hydrogen) atoms. The number of hydrogen-bond acceptors (Lipinski definition) is 3. The van der Waals surface area contributed by atoms with E-state index in [1.54, 1.807) is 30.3 Å². The third-order valence-corrected chi connectivity index (χ3v) is 2.28. The van der Waals surface area contributed by atoms with Gasteiger partial charge in [-0.05, 0) is 18.2 Å². The Hall–Kier alpha value is -2.57. The average molecular weight is 282 g/mol. The van der Waals surface area contributed by atoms with Crippen molar-refractivity contribution in [2.45, 2.75) is 6.18 Å². The lowest BCUT2D eigenvalue weighted by atomic mass is 10.2. The van der Waals surface area contributed by atoms with E-state index in [1.165, 1.54) is 0 Å². The Morgan fingerprint density at radius 3 is 2.50 bits per heavy atom. The number of carbonyl (C=O) groups excluding carboxylic acids is 1. The molecule has 0 spiro atoms. The van der Waals surface area contributed by atoms with Gasteiger partial charge in [-0.25, -0.2) is 9.78 Å². The maximum atomic E-state index is 12.5. The first kappa shape index (κ1) is 13.9. The number of anilines is 1. The first-order chi connectivity index (χ1) is 9.45. The summed E-state index contributed by atoms with van der Waals surface area (Å²) in [6, 6.07) is 9.81. The zero-order valence-corrected chi connectivity index (χ0v) is 10.0. The van der Waals surface area contributed by atoms with Crippen molar-refractivity contribution in [3.05, 3.63) is 54.2 Å². The summed E-state index contributed by atoms with van der Waals surface area (Å²) in [4.78, 5) is 15.0. The number of nitrogens with zero attached hydrogens (tertiary/aromatic N) is 1. The van der Waals surface area contributed by atoms with Crippen LogP contribution in [0.1, 0.15) is 5.56 Å². The molecule has 0 bridgehead atoms. The van der Waals surface area contributed by atoms with E-state index in [0.29, 0.717) is 11.8 Å². The van der Waals surface area contributed by atoms with Gasteiger partial charge in [-0.3, -0.25) is 5.32 Å². The van der Waals surface area contributed by atoms with Crippen molar-refractivity contribution in [2.75, 3.05) is 5.32 Å². The van der Waals surface area contributed by atoms with E-state index in [4.69, 9.17) is 4.74 Å². The molecular weight excluding hydrogens is 273 g/mol. The highest BCUT2D eigenvalue weighted by atomic mass is 19.4. The highest BCUT2D eigenvalue weighted by molar-refractivity contribution is 5.85. The van der Waals surface area contributed by atoms with E-state index in [-0.39, 0.29) is 0 Å². The summed E-state index contributed by atoms with van der Waals surface area (Å²) in [5.74, 6) is -0.423. The molecule has 0 unspecified atom stereocenters. The lowest BCUT2D eigenvalue weighted by Gasteiger charge is -2.09. The van der Waals surface area contributed by atoms with Gasteiger partial charge in [0.15, 0.2) is 0 Å². The van der Waals surface area contributed by atoms with Crippen LogP contribution in [0.2, 0.25) is 0 Å². The van der Waals surface area contributed by atoms with Crippen LogP contribution in [0.3, 0.4) is 0 Å². The summed E-state index contributed by atoms with van der Waals surface area (Å²) in [5.41, 5.74) is -0.473. The molecule has 2 aromatic rings. The Labute approximate surface area is 112 Å². The zero-order valence-electron chi connectivity index (χ0n) is 10.0. The van der Waals surface area contributed by atoms with E-state index >= 15 is 0 Å². The van der Waals surface area contributed by atoms with Gasteiger partial charge < -0.3 is 4.74 Å². The molecule has 0 radical (unpaired) electrons. The molecule has 1 heterocycles. The molecule has 0 aliphatic heterocycles. The fourth-order valence-electron chi connectivity index (χ4n) is 1.40. The van der Waals surface area contributed by atoms with Gasteiger partial charge in [-0.1, -0.05) is 18.2 Å². The molecule has 0 aliphatic carbocycles. The summed E-state index contributed by atoms with van der Waals surface area (Å²) < 4.78 is 42.1. The maximum Gasteiger partial charge on any atom is 0.418 e. The smallest absolute Gasteiger partial charge is 0.391 e. The topological polar surface area (TPSA) is 51.2 Å². The summed E-state index contributed by atoms with van der Waals surface area (Å²) in [6.07, 6.45) is -4.51. The van der Waals surface area contributed by atoms with E-state index in [9.17, 15) is 18.0 Å². The van der Waals surface area contributed by atoms with Crippen molar-refractivity contribution < 1.29 is 22.7 Å². The summed E-state index contributed by atoms with van der Waals surface area (Å²) in [5, 5.41) is 2.37. The predicted molar refractivity (Wildman–Crippen MR) is 65.3 cm³/mol. The predicted octanol–water partition coefficient (Wildman–Crippen LogP) is 3.71. The fourth-order valence-corrected chi connectivity index (χ4v) is 1.40. The molecule has 1 amide bonds. The number of hydrogen-bond donors (Lipinski definition) is 1. The minimum absolute atomic E-state index is 0.423. The number of alkyl halides is 3. The molecular formula is C13H9F3N2O2. The number of benzene rings is 1. The van der Waals surface area contributed by atoms with Gasteiger partial charge in [0.25, 0.3) is 0 Å². The number of halogens is 3. The summed E-state index contributed by atoms with van der Waals surface area (Å²) >= 11 is 0. The molecule has 4 nitrogen and oxygen atoms in total. The van der Waals surface area contributed by atoms with Gasteiger partial charge in [0.2, 0.25) is 5.88 Å². The molecule has 104 valence electrons. The maximum absolute atomic E-state index is 12.5. The van der Waals surface area contributed by atoms with Crippen LogP contribution < -0.4 is 10.1 Å². The number of amides is 1. The van der Waals surface area contributed by atoms with Crippen LogP contribution in [-0.2, 0) is 6.18 Å². The fraction of sp³-hybridized carbons (Fsp3) is 0.0769. The molecule has 0 fully saturated rings. The van der Waals surface area contributed by atoms with Crippen LogP contribution >= 0.6 is 0 Å². The van der Waals surface area contributed by atoms with E-state index < -0.39 is 23.7 Å². The number of carbonyl (C=O) groups is 1. The molecule has 1 aromatic carbocycles. The number of aromatic nitrogens is 1. The van der Waals surface area contributed by atoms with Gasteiger partial charge in [0, 0.05) is 18.0 Å². The molecule has 2 rings (SSSR count). The molecule has 0 aliphatic rings. The Morgan fingerprint density at radius 1 is 1.15 bits per heavy atom. The van der Waals surface area contributed by atoms with E-state index in [0.717, 1.165) is 12.3 Å². The Morgan fingerprint density at radius 2 is 1.85 bits per heavy atom. The molecule has 1 aromatic heterocycles. The molecule has 0 saturated heterocycles. The molecule has 0 saturated carbocycles. The molecule has 1 N–H and O–H groups in total. The Kier molecular flexibility index (Phi) is 3.88. The first-order valence-electron chi connectivity index (χ1n) is 5.52. The standard InChI is InChI=1S/C13H9F3N2O2/c14-13(15,16)9-6-7-17-11(8-9)20-12(19)18-10-4-2-1-3-5-10/h1-8H,(H,18,19). The van der Waals surface area contributed by atoms with Crippen LogP contribution in [0.25, 0.3) is 0 Å². The number of rotatable bonds is 2. The van der Waals surface area contributed by atoms with Gasteiger partial charge in [0.05, 0.1) is 5.56 Å².